The number of ketones is 1. The molecule has 0 aromatic heterocycles. The van der Waals surface area contributed by atoms with Crippen LogP contribution in [-0.4, -0.2) is 5.78 Å². The molecule has 0 fully saturated rings. The Kier molecular flexibility index (Phi) is 2.49. The number of carbonyl (C=O) groups excluding carboxylic acids is 1. The van der Waals surface area contributed by atoms with Crippen molar-refractivity contribution in [2.45, 2.75) is 12.8 Å². The summed E-state index contributed by atoms with van der Waals surface area (Å²) in [5, 5.41) is 0.734. The summed E-state index contributed by atoms with van der Waals surface area (Å²) in [7, 11) is 0. The number of rotatable bonds is 1. The molecule has 0 bridgehead atoms. The molecule has 1 aliphatic carbocycles. The van der Waals surface area contributed by atoms with Gasteiger partial charge in [0.15, 0.2) is 5.78 Å². The smallest absolute Gasteiger partial charge is 0.163 e. The number of hydrogen-bond acceptors (Lipinski definition) is 1. The van der Waals surface area contributed by atoms with Crippen LogP contribution in [0.3, 0.4) is 0 Å². The molecule has 2 heteroatoms. The lowest BCUT2D eigenvalue weighted by Gasteiger charge is -2.07. The highest BCUT2D eigenvalue weighted by Crippen LogP contribution is 2.32. The zero-order valence-electron chi connectivity index (χ0n) is 9.24. The minimum atomic E-state index is 0.260. The van der Waals surface area contributed by atoms with Gasteiger partial charge in [0.05, 0.1) is 0 Å². The summed E-state index contributed by atoms with van der Waals surface area (Å²) >= 11 is 5.89. The number of halogens is 1. The van der Waals surface area contributed by atoms with Crippen molar-refractivity contribution in [1.29, 1.82) is 0 Å². The largest absolute Gasteiger partial charge is 0.294 e. The van der Waals surface area contributed by atoms with Crippen molar-refractivity contribution >= 4 is 17.4 Å². The van der Waals surface area contributed by atoms with E-state index in [0.717, 1.165) is 28.1 Å². The number of fused-ring (bicyclic) bond motifs is 1. The van der Waals surface area contributed by atoms with E-state index in [1.165, 1.54) is 5.56 Å². The molecule has 1 nitrogen and oxygen atoms in total. The van der Waals surface area contributed by atoms with Gasteiger partial charge in [-0.1, -0.05) is 41.9 Å². The van der Waals surface area contributed by atoms with E-state index in [2.05, 4.69) is 6.07 Å². The Balaban J connectivity index is 2.16. The van der Waals surface area contributed by atoms with E-state index in [4.69, 9.17) is 11.6 Å². The third-order valence-electron chi connectivity index (χ3n) is 3.23. The molecule has 3 rings (SSSR count). The lowest BCUT2D eigenvalue weighted by Crippen LogP contribution is -1.92. The first-order chi connectivity index (χ1) is 8.25. The maximum absolute atomic E-state index is 11.7. The molecule has 0 amide bonds. The molecule has 2 aromatic rings. The van der Waals surface area contributed by atoms with Crippen molar-refractivity contribution in [2.75, 3.05) is 0 Å². The molecule has 2 aromatic carbocycles. The monoisotopic (exact) mass is 242 g/mol. The molecular formula is C15H11ClO. The summed E-state index contributed by atoms with van der Waals surface area (Å²) in [4.78, 5) is 11.7. The molecule has 1 aliphatic rings. The maximum atomic E-state index is 11.7. The summed E-state index contributed by atoms with van der Waals surface area (Å²) in [5.74, 6) is 0.260. The first-order valence-corrected chi connectivity index (χ1v) is 6.04. The summed E-state index contributed by atoms with van der Waals surface area (Å²) in [6, 6.07) is 13.7. The number of carbonyl (C=O) groups is 1. The Morgan fingerprint density at radius 2 is 1.59 bits per heavy atom. The van der Waals surface area contributed by atoms with Crippen LogP contribution in [0.5, 0.6) is 0 Å². The molecule has 0 spiro atoms. The number of benzene rings is 2. The third kappa shape index (κ3) is 1.77. The van der Waals surface area contributed by atoms with Gasteiger partial charge in [-0.2, -0.15) is 0 Å². The third-order valence-corrected chi connectivity index (χ3v) is 3.49. The van der Waals surface area contributed by atoms with Gasteiger partial charge in [0.25, 0.3) is 0 Å². The van der Waals surface area contributed by atoms with Gasteiger partial charge in [-0.25, -0.2) is 0 Å². The van der Waals surface area contributed by atoms with E-state index in [9.17, 15) is 4.79 Å². The zero-order valence-corrected chi connectivity index (χ0v) is 10.00. The Morgan fingerprint density at radius 3 is 2.35 bits per heavy atom. The number of Topliss-reactive ketones (excluding diaryl/α,β-unsaturated/α-hetero) is 1. The van der Waals surface area contributed by atoms with Crippen molar-refractivity contribution in [1.82, 2.24) is 0 Å². The van der Waals surface area contributed by atoms with Gasteiger partial charge >= 0.3 is 0 Å². The minimum Gasteiger partial charge on any atom is -0.294 e. The second-order valence-corrected chi connectivity index (χ2v) is 4.70. The average Bonchev–Trinajstić information content (AvgIpc) is 2.73. The van der Waals surface area contributed by atoms with Crippen LogP contribution in [-0.2, 0) is 6.42 Å². The highest BCUT2D eigenvalue weighted by Gasteiger charge is 2.21. The lowest BCUT2D eigenvalue weighted by atomic mass is 9.97. The second-order valence-electron chi connectivity index (χ2n) is 4.26. The van der Waals surface area contributed by atoms with Crippen LogP contribution in [0.2, 0.25) is 5.02 Å². The van der Waals surface area contributed by atoms with Crippen molar-refractivity contribution in [2.24, 2.45) is 0 Å². The molecule has 0 heterocycles. The fourth-order valence-electron chi connectivity index (χ4n) is 2.39. The Morgan fingerprint density at radius 1 is 0.882 bits per heavy atom. The van der Waals surface area contributed by atoms with Gasteiger partial charge in [-0.15, -0.1) is 0 Å². The SMILES string of the molecule is O=C1CCc2c1cccc2-c1ccc(Cl)cc1. The van der Waals surface area contributed by atoms with Crippen LogP contribution >= 0.6 is 11.6 Å². The standard InChI is InChI=1S/C15H11ClO/c16-11-6-4-10(5-7-11)12-2-1-3-14-13(12)8-9-15(14)17/h1-7H,8-9H2. The molecule has 17 heavy (non-hydrogen) atoms. The molecule has 0 saturated carbocycles. The van der Waals surface area contributed by atoms with Gasteiger partial charge in [0.1, 0.15) is 0 Å². The zero-order chi connectivity index (χ0) is 11.8. The van der Waals surface area contributed by atoms with Gasteiger partial charge in [0.2, 0.25) is 0 Å². The van der Waals surface area contributed by atoms with Gasteiger partial charge < -0.3 is 0 Å². The fourth-order valence-corrected chi connectivity index (χ4v) is 2.52. The van der Waals surface area contributed by atoms with E-state index in [0.29, 0.717) is 6.42 Å². The average molecular weight is 243 g/mol. The fraction of sp³-hybridized carbons (Fsp3) is 0.133. The Hall–Kier alpha value is -1.60. The van der Waals surface area contributed by atoms with Crippen molar-refractivity contribution in [3.8, 4) is 11.1 Å². The molecule has 0 unspecified atom stereocenters. The summed E-state index contributed by atoms with van der Waals surface area (Å²) in [5.41, 5.74) is 4.35. The molecular weight excluding hydrogens is 232 g/mol. The summed E-state index contributed by atoms with van der Waals surface area (Å²) < 4.78 is 0. The van der Waals surface area contributed by atoms with Crippen LogP contribution in [0.1, 0.15) is 22.3 Å². The predicted molar refractivity (Wildman–Crippen MR) is 69.5 cm³/mol. The Labute approximate surface area is 105 Å². The molecule has 0 saturated heterocycles. The highest BCUT2D eigenvalue weighted by atomic mass is 35.5. The predicted octanol–water partition coefficient (Wildman–Crippen LogP) is 4.14. The Bertz CT molecular complexity index is 584. The molecule has 0 atom stereocenters. The normalized spacial score (nSPS) is 13.8. The maximum Gasteiger partial charge on any atom is 0.163 e. The molecule has 0 aliphatic heterocycles. The molecule has 84 valence electrons. The van der Waals surface area contributed by atoms with Crippen LogP contribution in [0.15, 0.2) is 42.5 Å². The van der Waals surface area contributed by atoms with E-state index < -0.39 is 0 Å². The van der Waals surface area contributed by atoms with E-state index in [1.54, 1.807) is 0 Å². The van der Waals surface area contributed by atoms with Crippen LogP contribution < -0.4 is 0 Å². The van der Waals surface area contributed by atoms with Crippen LogP contribution in [0, 0.1) is 0 Å². The van der Waals surface area contributed by atoms with E-state index in [-0.39, 0.29) is 5.78 Å². The van der Waals surface area contributed by atoms with Crippen LogP contribution in [0.4, 0.5) is 0 Å². The van der Waals surface area contributed by atoms with E-state index in [1.807, 2.05) is 36.4 Å². The summed E-state index contributed by atoms with van der Waals surface area (Å²) in [6.07, 6.45) is 1.49. The van der Waals surface area contributed by atoms with Gasteiger partial charge in [0, 0.05) is 17.0 Å². The lowest BCUT2D eigenvalue weighted by molar-refractivity contribution is 0.0994. The van der Waals surface area contributed by atoms with Crippen LogP contribution in [0.25, 0.3) is 11.1 Å². The van der Waals surface area contributed by atoms with E-state index >= 15 is 0 Å². The minimum absolute atomic E-state index is 0.260. The topological polar surface area (TPSA) is 17.1 Å². The number of hydrogen-bond donors (Lipinski definition) is 0. The summed E-state index contributed by atoms with van der Waals surface area (Å²) in [6.45, 7) is 0. The van der Waals surface area contributed by atoms with Crippen molar-refractivity contribution in [3.63, 3.8) is 0 Å². The van der Waals surface area contributed by atoms with Gasteiger partial charge in [-0.05, 0) is 35.2 Å². The quantitative estimate of drug-likeness (QED) is 0.735. The highest BCUT2D eigenvalue weighted by molar-refractivity contribution is 6.30. The van der Waals surface area contributed by atoms with Crippen molar-refractivity contribution < 1.29 is 4.79 Å². The van der Waals surface area contributed by atoms with Crippen molar-refractivity contribution in [3.05, 3.63) is 58.6 Å². The first-order valence-electron chi connectivity index (χ1n) is 5.67. The molecule has 0 N–H and O–H groups in total. The van der Waals surface area contributed by atoms with Gasteiger partial charge in [-0.3, -0.25) is 4.79 Å². The molecule has 0 radical (unpaired) electrons. The first kappa shape index (κ1) is 10.5. The second kappa shape index (κ2) is 4.01.